The number of aryl methyl sites for hydroxylation is 1. The summed E-state index contributed by atoms with van der Waals surface area (Å²) in [7, 11) is 2.04. The molecule has 0 fully saturated rings. The maximum atomic E-state index is 5.80. The molecule has 1 heterocycles. The lowest BCUT2D eigenvalue weighted by molar-refractivity contribution is 0.814. The molecule has 0 atom stereocenters. The van der Waals surface area contributed by atoms with Crippen molar-refractivity contribution in [3.63, 3.8) is 0 Å². The summed E-state index contributed by atoms with van der Waals surface area (Å²) in [6.07, 6.45) is 0. The summed E-state index contributed by atoms with van der Waals surface area (Å²) < 4.78 is 0. The molecular formula is C17H23N3. The Morgan fingerprint density at radius 1 is 1.20 bits per heavy atom. The Balaban J connectivity index is 2.43. The van der Waals surface area contributed by atoms with Crippen LogP contribution in [0, 0.1) is 6.92 Å². The van der Waals surface area contributed by atoms with E-state index >= 15 is 0 Å². The van der Waals surface area contributed by atoms with Crippen LogP contribution in [0.5, 0.6) is 0 Å². The number of pyridine rings is 1. The zero-order valence-corrected chi connectivity index (χ0v) is 12.7. The highest BCUT2D eigenvalue weighted by Gasteiger charge is 2.10. The van der Waals surface area contributed by atoms with Crippen LogP contribution < -0.4 is 10.6 Å². The number of nitrogens with zero attached hydrogens (tertiary/aromatic N) is 2. The Kier molecular flexibility index (Phi) is 4.40. The van der Waals surface area contributed by atoms with E-state index in [9.17, 15) is 0 Å². The third kappa shape index (κ3) is 3.17. The van der Waals surface area contributed by atoms with Gasteiger partial charge in [0.25, 0.3) is 0 Å². The van der Waals surface area contributed by atoms with Crippen LogP contribution in [0.25, 0.3) is 0 Å². The van der Waals surface area contributed by atoms with Crippen molar-refractivity contribution in [2.75, 3.05) is 11.9 Å². The molecule has 0 saturated carbocycles. The topological polar surface area (TPSA) is 42.1 Å². The van der Waals surface area contributed by atoms with Gasteiger partial charge in [-0.25, -0.2) is 4.98 Å². The van der Waals surface area contributed by atoms with Gasteiger partial charge in [-0.1, -0.05) is 26.0 Å². The maximum absolute atomic E-state index is 5.80. The van der Waals surface area contributed by atoms with Crippen LogP contribution in [0.3, 0.4) is 0 Å². The molecule has 106 valence electrons. The lowest BCUT2D eigenvalue weighted by Gasteiger charge is -2.21. The third-order valence-electron chi connectivity index (χ3n) is 3.45. The first-order chi connectivity index (χ1) is 9.51. The molecule has 0 aliphatic heterocycles. The van der Waals surface area contributed by atoms with E-state index in [1.807, 2.05) is 7.05 Å². The predicted molar refractivity (Wildman–Crippen MR) is 85.5 cm³/mol. The molecule has 0 aliphatic rings. The summed E-state index contributed by atoms with van der Waals surface area (Å²) in [5.41, 5.74) is 10.4. The van der Waals surface area contributed by atoms with Crippen LogP contribution in [-0.4, -0.2) is 12.0 Å². The highest BCUT2D eigenvalue weighted by Crippen LogP contribution is 2.25. The highest BCUT2D eigenvalue weighted by atomic mass is 15.2. The van der Waals surface area contributed by atoms with Crippen molar-refractivity contribution in [2.24, 2.45) is 5.73 Å². The Morgan fingerprint density at radius 3 is 2.55 bits per heavy atom. The van der Waals surface area contributed by atoms with Gasteiger partial charge in [-0.15, -0.1) is 0 Å². The summed E-state index contributed by atoms with van der Waals surface area (Å²) in [4.78, 5) is 6.87. The molecule has 0 unspecified atom stereocenters. The standard InChI is InChI=1S/C17H23N3/c1-12(2)16-9-14(11-18)10-17(19-16)20(4)15-7-5-6-13(3)8-15/h5-10,12H,11,18H2,1-4H3. The average molecular weight is 269 g/mol. The van der Waals surface area contributed by atoms with Crippen molar-refractivity contribution < 1.29 is 0 Å². The van der Waals surface area contributed by atoms with Crippen molar-refractivity contribution in [1.82, 2.24) is 4.98 Å². The van der Waals surface area contributed by atoms with Gasteiger partial charge in [-0.05, 0) is 48.2 Å². The molecule has 0 amide bonds. The third-order valence-corrected chi connectivity index (χ3v) is 3.45. The number of rotatable bonds is 4. The summed E-state index contributed by atoms with van der Waals surface area (Å²) in [5.74, 6) is 1.34. The molecule has 0 saturated heterocycles. The van der Waals surface area contributed by atoms with Crippen molar-refractivity contribution in [3.8, 4) is 0 Å². The van der Waals surface area contributed by atoms with Gasteiger partial charge in [0.05, 0.1) is 0 Å². The lowest BCUT2D eigenvalue weighted by atomic mass is 10.1. The molecule has 1 aromatic heterocycles. The largest absolute Gasteiger partial charge is 0.329 e. The first kappa shape index (κ1) is 14.5. The fourth-order valence-electron chi connectivity index (χ4n) is 2.15. The van der Waals surface area contributed by atoms with E-state index in [4.69, 9.17) is 10.7 Å². The SMILES string of the molecule is Cc1cccc(N(C)c2cc(CN)cc(C(C)C)n2)c1. The molecule has 0 radical (unpaired) electrons. The fourth-order valence-corrected chi connectivity index (χ4v) is 2.15. The Bertz CT molecular complexity index is 591. The van der Waals surface area contributed by atoms with Crippen molar-refractivity contribution >= 4 is 11.5 Å². The van der Waals surface area contributed by atoms with E-state index in [2.05, 4.69) is 62.1 Å². The molecule has 2 N–H and O–H groups in total. The van der Waals surface area contributed by atoms with Gasteiger partial charge in [0, 0.05) is 25.0 Å². The first-order valence-corrected chi connectivity index (χ1v) is 7.02. The van der Waals surface area contributed by atoms with Crippen LogP contribution in [0.4, 0.5) is 11.5 Å². The molecule has 3 heteroatoms. The molecule has 0 bridgehead atoms. The average Bonchev–Trinajstić information content (AvgIpc) is 2.45. The van der Waals surface area contributed by atoms with Crippen LogP contribution in [0.15, 0.2) is 36.4 Å². The molecule has 2 aromatic rings. The number of anilines is 2. The zero-order valence-electron chi connectivity index (χ0n) is 12.7. The number of benzene rings is 1. The minimum Gasteiger partial charge on any atom is -0.329 e. The minimum absolute atomic E-state index is 0.395. The molecule has 0 spiro atoms. The monoisotopic (exact) mass is 269 g/mol. The molecule has 2 rings (SSSR count). The predicted octanol–water partition coefficient (Wildman–Crippen LogP) is 3.74. The quantitative estimate of drug-likeness (QED) is 0.919. The molecule has 0 aliphatic carbocycles. The Hall–Kier alpha value is -1.87. The first-order valence-electron chi connectivity index (χ1n) is 7.02. The van der Waals surface area contributed by atoms with E-state index in [-0.39, 0.29) is 0 Å². The second kappa shape index (κ2) is 6.06. The van der Waals surface area contributed by atoms with Crippen molar-refractivity contribution in [2.45, 2.75) is 33.2 Å². The second-order valence-corrected chi connectivity index (χ2v) is 5.52. The summed E-state index contributed by atoms with van der Waals surface area (Å²) >= 11 is 0. The van der Waals surface area contributed by atoms with Crippen molar-refractivity contribution in [3.05, 3.63) is 53.2 Å². The highest BCUT2D eigenvalue weighted by molar-refractivity contribution is 5.60. The fraction of sp³-hybridized carbons (Fsp3) is 0.353. The van der Waals surface area contributed by atoms with Gasteiger partial charge in [0.15, 0.2) is 0 Å². The molecule has 3 nitrogen and oxygen atoms in total. The molecule has 1 aromatic carbocycles. The smallest absolute Gasteiger partial charge is 0.133 e. The summed E-state index contributed by atoms with van der Waals surface area (Å²) in [6, 6.07) is 12.6. The van der Waals surface area contributed by atoms with E-state index in [0.29, 0.717) is 12.5 Å². The van der Waals surface area contributed by atoms with Crippen LogP contribution in [-0.2, 0) is 6.54 Å². The number of nitrogens with two attached hydrogens (primary N) is 1. The second-order valence-electron chi connectivity index (χ2n) is 5.52. The van der Waals surface area contributed by atoms with Gasteiger partial charge >= 0.3 is 0 Å². The van der Waals surface area contributed by atoms with Gasteiger partial charge in [0.2, 0.25) is 0 Å². The van der Waals surface area contributed by atoms with E-state index in [1.54, 1.807) is 0 Å². The van der Waals surface area contributed by atoms with Crippen molar-refractivity contribution in [1.29, 1.82) is 0 Å². The van der Waals surface area contributed by atoms with Crippen LogP contribution in [0.1, 0.15) is 36.6 Å². The lowest BCUT2D eigenvalue weighted by Crippen LogP contribution is -2.14. The number of hydrogen-bond acceptors (Lipinski definition) is 3. The maximum Gasteiger partial charge on any atom is 0.133 e. The zero-order chi connectivity index (χ0) is 14.7. The van der Waals surface area contributed by atoms with Gasteiger partial charge in [0.1, 0.15) is 5.82 Å². The summed E-state index contributed by atoms with van der Waals surface area (Å²) in [6.45, 7) is 6.94. The number of aromatic nitrogens is 1. The van der Waals surface area contributed by atoms with Gasteiger partial charge in [-0.3, -0.25) is 0 Å². The summed E-state index contributed by atoms with van der Waals surface area (Å²) in [5, 5.41) is 0. The normalized spacial score (nSPS) is 10.9. The Labute approximate surface area is 121 Å². The van der Waals surface area contributed by atoms with Gasteiger partial charge in [-0.2, -0.15) is 0 Å². The molecule has 20 heavy (non-hydrogen) atoms. The van der Waals surface area contributed by atoms with Gasteiger partial charge < -0.3 is 10.6 Å². The minimum atomic E-state index is 0.395. The van der Waals surface area contributed by atoms with Crippen LogP contribution >= 0.6 is 0 Å². The number of hydrogen-bond donors (Lipinski definition) is 1. The van der Waals surface area contributed by atoms with Crippen LogP contribution in [0.2, 0.25) is 0 Å². The van der Waals surface area contributed by atoms with E-state index < -0.39 is 0 Å². The Morgan fingerprint density at radius 2 is 1.95 bits per heavy atom. The molecular weight excluding hydrogens is 246 g/mol. The van der Waals surface area contributed by atoms with E-state index in [0.717, 1.165) is 22.8 Å². The van der Waals surface area contributed by atoms with E-state index in [1.165, 1.54) is 5.56 Å².